The second-order valence-electron chi connectivity index (χ2n) is 5.75. The Morgan fingerprint density at radius 1 is 1.12 bits per heavy atom. The first kappa shape index (κ1) is 16.4. The molecule has 0 fully saturated rings. The SMILES string of the molecule is O=c1cc(OCc2cn(Cc3ccc(Cl)cc3)nn2)c2ccccc2o1. The average molecular weight is 368 g/mol. The zero-order valence-corrected chi connectivity index (χ0v) is 14.4. The van der Waals surface area contributed by atoms with Crippen LogP contribution in [0.4, 0.5) is 0 Å². The maximum atomic E-state index is 11.7. The lowest BCUT2D eigenvalue weighted by atomic mass is 10.2. The number of hydrogen-bond donors (Lipinski definition) is 0. The van der Waals surface area contributed by atoms with Crippen molar-refractivity contribution in [1.82, 2.24) is 15.0 Å². The first-order valence-electron chi connectivity index (χ1n) is 7.96. The van der Waals surface area contributed by atoms with Gasteiger partial charge in [-0.25, -0.2) is 9.48 Å². The maximum absolute atomic E-state index is 11.7. The predicted molar refractivity (Wildman–Crippen MR) is 97.4 cm³/mol. The summed E-state index contributed by atoms with van der Waals surface area (Å²) in [6, 6.07) is 16.1. The fourth-order valence-corrected chi connectivity index (χ4v) is 2.74. The van der Waals surface area contributed by atoms with E-state index in [4.69, 9.17) is 20.8 Å². The van der Waals surface area contributed by atoms with Gasteiger partial charge in [0.15, 0.2) is 0 Å². The van der Waals surface area contributed by atoms with E-state index >= 15 is 0 Å². The second-order valence-corrected chi connectivity index (χ2v) is 6.18. The summed E-state index contributed by atoms with van der Waals surface area (Å²) in [5.41, 5.74) is 1.77. The Kier molecular flexibility index (Phi) is 4.41. The fourth-order valence-electron chi connectivity index (χ4n) is 2.61. The lowest BCUT2D eigenvalue weighted by Crippen LogP contribution is -2.02. The highest BCUT2D eigenvalue weighted by atomic mass is 35.5. The highest BCUT2D eigenvalue weighted by Gasteiger charge is 2.08. The molecule has 0 N–H and O–H groups in total. The molecule has 4 aromatic rings. The third-order valence-corrected chi connectivity index (χ3v) is 4.08. The van der Waals surface area contributed by atoms with Crippen LogP contribution < -0.4 is 10.4 Å². The van der Waals surface area contributed by atoms with Crippen LogP contribution in [0.2, 0.25) is 5.02 Å². The highest BCUT2D eigenvalue weighted by molar-refractivity contribution is 6.30. The van der Waals surface area contributed by atoms with E-state index in [1.807, 2.05) is 42.6 Å². The smallest absolute Gasteiger partial charge is 0.339 e. The molecule has 26 heavy (non-hydrogen) atoms. The van der Waals surface area contributed by atoms with E-state index in [9.17, 15) is 4.79 Å². The summed E-state index contributed by atoms with van der Waals surface area (Å²) < 4.78 is 12.6. The Hall–Kier alpha value is -3.12. The third kappa shape index (κ3) is 3.60. The summed E-state index contributed by atoms with van der Waals surface area (Å²) in [5, 5.41) is 9.64. The van der Waals surface area contributed by atoms with E-state index in [-0.39, 0.29) is 6.61 Å². The van der Waals surface area contributed by atoms with Crippen LogP contribution in [0.3, 0.4) is 0 Å². The molecule has 2 aromatic heterocycles. The number of rotatable bonds is 5. The van der Waals surface area contributed by atoms with Crippen LogP contribution in [-0.4, -0.2) is 15.0 Å². The molecule has 0 aliphatic rings. The monoisotopic (exact) mass is 367 g/mol. The van der Waals surface area contributed by atoms with E-state index < -0.39 is 5.63 Å². The number of ether oxygens (including phenoxy) is 1. The first-order valence-corrected chi connectivity index (χ1v) is 8.34. The lowest BCUT2D eigenvalue weighted by Gasteiger charge is -2.06. The normalized spacial score (nSPS) is 11.0. The quantitative estimate of drug-likeness (QED) is 0.503. The molecule has 2 aromatic carbocycles. The standard InChI is InChI=1S/C19H14ClN3O3/c20-14-7-5-13(6-8-14)10-23-11-15(21-22-23)12-25-18-9-19(24)26-17-4-2-1-3-16(17)18/h1-9,11H,10,12H2. The van der Waals surface area contributed by atoms with Gasteiger partial charge in [-0.1, -0.05) is 41.1 Å². The summed E-state index contributed by atoms with van der Waals surface area (Å²) in [4.78, 5) is 11.7. The molecule has 0 spiro atoms. The minimum atomic E-state index is -0.454. The van der Waals surface area contributed by atoms with Crippen LogP contribution in [-0.2, 0) is 13.2 Å². The van der Waals surface area contributed by atoms with Gasteiger partial charge in [-0.05, 0) is 29.8 Å². The summed E-state index contributed by atoms with van der Waals surface area (Å²) >= 11 is 5.89. The predicted octanol–water partition coefficient (Wildman–Crippen LogP) is 3.67. The Bertz CT molecular complexity index is 1100. The van der Waals surface area contributed by atoms with Crippen LogP contribution >= 0.6 is 11.6 Å². The lowest BCUT2D eigenvalue weighted by molar-refractivity contribution is 0.302. The zero-order chi connectivity index (χ0) is 17.9. The van der Waals surface area contributed by atoms with E-state index in [1.54, 1.807) is 16.8 Å². The molecule has 0 saturated carbocycles. The molecule has 0 amide bonds. The summed E-state index contributed by atoms with van der Waals surface area (Å²) in [5.74, 6) is 0.462. The van der Waals surface area contributed by atoms with Gasteiger partial charge in [-0.2, -0.15) is 0 Å². The summed E-state index contributed by atoms with van der Waals surface area (Å²) in [6.45, 7) is 0.788. The molecule has 0 aliphatic heterocycles. The van der Waals surface area contributed by atoms with Crippen LogP contribution in [0, 0.1) is 0 Å². The molecule has 0 atom stereocenters. The van der Waals surface area contributed by atoms with Gasteiger partial charge in [0.05, 0.1) is 24.2 Å². The molecular weight excluding hydrogens is 354 g/mol. The van der Waals surface area contributed by atoms with E-state index in [1.165, 1.54) is 6.07 Å². The van der Waals surface area contributed by atoms with Crippen molar-refractivity contribution in [3.63, 3.8) is 0 Å². The van der Waals surface area contributed by atoms with Crippen LogP contribution in [0.25, 0.3) is 11.0 Å². The van der Waals surface area contributed by atoms with Crippen molar-refractivity contribution in [3.05, 3.63) is 87.5 Å². The third-order valence-electron chi connectivity index (χ3n) is 3.83. The maximum Gasteiger partial charge on any atom is 0.339 e. The van der Waals surface area contributed by atoms with Crippen molar-refractivity contribution < 1.29 is 9.15 Å². The van der Waals surface area contributed by atoms with Gasteiger partial charge in [-0.3, -0.25) is 0 Å². The molecule has 0 saturated heterocycles. The number of benzene rings is 2. The van der Waals surface area contributed by atoms with Gasteiger partial charge in [0.25, 0.3) is 0 Å². The van der Waals surface area contributed by atoms with Gasteiger partial charge < -0.3 is 9.15 Å². The van der Waals surface area contributed by atoms with Crippen LogP contribution in [0.1, 0.15) is 11.3 Å². The second kappa shape index (κ2) is 7.01. The first-order chi connectivity index (χ1) is 12.7. The van der Waals surface area contributed by atoms with Crippen molar-refractivity contribution in [3.8, 4) is 5.75 Å². The molecule has 0 unspecified atom stereocenters. The molecule has 6 nitrogen and oxygen atoms in total. The van der Waals surface area contributed by atoms with Gasteiger partial charge in [0, 0.05) is 5.02 Å². The summed E-state index contributed by atoms with van der Waals surface area (Å²) in [7, 11) is 0. The minimum Gasteiger partial charge on any atom is -0.486 e. The largest absolute Gasteiger partial charge is 0.486 e. The van der Waals surface area contributed by atoms with E-state index in [2.05, 4.69) is 10.3 Å². The van der Waals surface area contributed by atoms with Gasteiger partial charge in [0.1, 0.15) is 23.6 Å². The Morgan fingerprint density at radius 3 is 2.77 bits per heavy atom. The molecule has 4 rings (SSSR count). The molecule has 0 radical (unpaired) electrons. The van der Waals surface area contributed by atoms with Gasteiger partial charge in [-0.15, -0.1) is 5.10 Å². The number of aromatic nitrogens is 3. The van der Waals surface area contributed by atoms with Crippen LogP contribution in [0.5, 0.6) is 5.75 Å². The Balaban J connectivity index is 1.48. The average Bonchev–Trinajstić information content (AvgIpc) is 3.09. The fraction of sp³-hybridized carbons (Fsp3) is 0.105. The molecule has 7 heteroatoms. The van der Waals surface area contributed by atoms with E-state index in [0.717, 1.165) is 10.9 Å². The van der Waals surface area contributed by atoms with Crippen LogP contribution in [0.15, 0.2) is 70.0 Å². The van der Waals surface area contributed by atoms with Crippen molar-refractivity contribution >= 4 is 22.6 Å². The molecule has 2 heterocycles. The Morgan fingerprint density at radius 2 is 1.92 bits per heavy atom. The molecule has 130 valence electrons. The number of fused-ring (bicyclic) bond motifs is 1. The molecule has 0 bridgehead atoms. The molecule has 0 aliphatic carbocycles. The van der Waals surface area contributed by atoms with Crippen molar-refractivity contribution in [1.29, 1.82) is 0 Å². The van der Waals surface area contributed by atoms with Crippen molar-refractivity contribution in [2.75, 3.05) is 0 Å². The Labute approximate surface area is 153 Å². The van der Waals surface area contributed by atoms with Gasteiger partial charge in [0.2, 0.25) is 0 Å². The van der Waals surface area contributed by atoms with E-state index in [0.29, 0.717) is 28.6 Å². The minimum absolute atomic E-state index is 0.202. The number of hydrogen-bond acceptors (Lipinski definition) is 5. The number of nitrogens with zero attached hydrogens (tertiary/aromatic N) is 3. The van der Waals surface area contributed by atoms with Gasteiger partial charge >= 0.3 is 5.63 Å². The topological polar surface area (TPSA) is 70.2 Å². The molecular formula is C19H14ClN3O3. The number of halogens is 1. The zero-order valence-electron chi connectivity index (χ0n) is 13.6. The van der Waals surface area contributed by atoms with Crippen molar-refractivity contribution in [2.24, 2.45) is 0 Å². The van der Waals surface area contributed by atoms with Crippen molar-refractivity contribution in [2.45, 2.75) is 13.2 Å². The highest BCUT2D eigenvalue weighted by Crippen LogP contribution is 2.23. The number of para-hydroxylation sites is 1. The summed E-state index contributed by atoms with van der Waals surface area (Å²) in [6.07, 6.45) is 1.81.